The van der Waals surface area contributed by atoms with Crippen LogP contribution in [0.25, 0.3) is 11.3 Å². The zero-order valence-corrected chi connectivity index (χ0v) is 19.6. The Morgan fingerprint density at radius 2 is 1.63 bits per heavy atom. The van der Waals surface area contributed by atoms with E-state index in [0.29, 0.717) is 0 Å². The summed E-state index contributed by atoms with van der Waals surface area (Å²) in [6, 6.07) is 11.8. The van der Waals surface area contributed by atoms with Crippen LogP contribution in [0.3, 0.4) is 0 Å². The van der Waals surface area contributed by atoms with Crippen molar-refractivity contribution in [3.8, 4) is 11.3 Å². The van der Waals surface area contributed by atoms with Crippen LogP contribution in [-0.4, -0.2) is 31.2 Å². The van der Waals surface area contributed by atoms with Gasteiger partial charge < -0.3 is 10.2 Å². The minimum absolute atomic E-state index is 0.223. The van der Waals surface area contributed by atoms with Crippen LogP contribution >= 0.6 is 0 Å². The zero-order valence-electron chi connectivity index (χ0n) is 19.6. The molecule has 0 bridgehead atoms. The minimum Gasteiger partial charge on any atom is -0.354 e. The van der Waals surface area contributed by atoms with Gasteiger partial charge in [0.25, 0.3) is 0 Å². The maximum atomic E-state index is 5.25. The third kappa shape index (κ3) is 4.14. The van der Waals surface area contributed by atoms with E-state index < -0.39 is 0 Å². The number of nitrogens with zero attached hydrogens (tertiary/aromatic N) is 2. The lowest BCUT2D eigenvalue weighted by Crippen LogP contribution is -2.43. The molecule has 3 heteroatoms. The Labute approximate surface area is 183 Å². The maximum absolute atomic E-state index is 5.25. The van der Waals surface area contributed by atoms with E-state index in [2.05, 4.69) is 75.2 Å². The lowest BCUT2D eigenvalue weighted by atomic mass is 9.63. The molecule has 3 nitrogen and oxygen atoms in total. The maximum Gasteiger partial charge on any atom is 0.129 e. The Bertz CT molecular complexity index is 891. The van der Waals surface area contributed by atoms with Gasteiger partial charge in [-0.25, -0.2) is 4.98 Å². The average Bonchev–Trinajstić information content (AvgIpc) is 2.76. The number of benzene rings is 1. The van der Waals surface area contributed by atoms with Gasteiger partial charge in [-0.1, -0.05) is 59.2 Å². The van der Waals surface area contributed by atoms with E-state index in [1.54, 1.807) is 0 Å². The molecule has 1 aliphatic heterocycles. The summed E-state index contributed by atoms with van der Waals surface area (Å²) in [6.07, 6.45) is 6.03. The van der Waals surface area contributed by atoms with Crippen molar-refractivity contribution in [2.75, 3.05) is 31.1 Å². The molecule has 0 atom stereocenters. The van der Waals surface area contributed by atoms with Gasteiger partial charge in [0.15, 0.2) is 0 Å². The summed E-state index contributed by atoms with van der Waals surface area (Å²) in [7, 11) is 0. The standard InChI is InChI=1S/C27H39N3/c1-6-7-8-20-10-12-24(30-17-15-28-16-18-30)29-25(20)21-9-11-22-23(19-21)27(4,5)14-13-26(22,2)3/h9-12,19,28H,6-8,13-18H2,1-5H3. The van der Waals surface area contributed by atoms with E-state index in [1.165, 1.54) is 53.6 Å². The van der Waals surface area contributed by atoms with Crippen molar-refractivity contribution in [2.45, 2.75) is 77.6 Å². The lowest BCUT2D eigenvalue weighted by Gasteiger charge is -2.42. The first kappa shape index (κ1) is 21.4. The highest BCUT2D eigenvalue weighted by Crippen LogP contribution is 2.47. The molecular weight excluding hydrogens is 366 g/mol. The van der Waals surface area contributed by atoms with Gasteiger partial charge in [-0.2, -0.15) is 0 Å². The van der Waals surface area contributed by atoms with Gasteiger partial charge in [-0.15, -0.1) is 0 Å². The minimum atomic E-state index is 0.223. The molecule has 0 radical (unpaired) electrons. The second kappa shape index (κ2) is 8.34. The molecule has 1 aliphatic carbocycles. The second-order valence-corrected chi connectivity index (χ2v) is 10.5. The molecule has 2 aliphatic rings. The van der Waals surface area contributed by atoms with Crippen LogP contribution in [-0.2, 0) is 17.3 Å². The predicted octanol–water partition coefficient (Wildman–Crippen LogP) is 5.85. The highest BCUT2D eigenvalue weighted by atomic mass is 15.2. The monoisotopic (exact) mass is 405 g/mol. The smallest absolute Gasteiger partial charge is 0.129 e. The average molecular weight is 406 g/mol. The van der Waals surface area contributed by atoms with Crippen molar-refractivity contribution in [3.05, 3.63) is 47.0 Å². The van der Waals surface area contributed by atoms with Gasteiger partial charge in [0.05, 0.1) is 5.69 Å². The fourth-order valence-corrected chi connectivity index (χ4v) is 5.10. The van der Waals surface area contributed by atoms with Gasteiger partial charge in [0.2, 0.25) is 0 Å². The normalized spacial score (nSPS) is 20.1. The number of aromatic nitrogens is 1. The Balaban J connectivity index is 1.79. The summed E-state index contributed by atoms with van der Waals surface area (Å²) in [6.45, 7) is 16.0. The summed E-state index contributed by atoms with van der Waals surface area (Å²) < 4.78 is 0. The van der Waals surface area contributed by atoms with Gasteiger partial charge in [-0.3, -0.25) is 0 Å². The molecule has 0 unspecified atom stereocenters. The van der Waals surface area contributed by atoms with E-state index in [4.69, 9.17) is 4.98 Å². The van der Waals surface area contributed by atoms with Crippen LogP contribution in [0.5, 0.6) is 0 Å². The number of hydrogen-bond acceptors (Lipinski definition) is 3. The zero-order chi connectivity index (χ0) is 21.4. The number of piperazine rings is 1. The Hall–Kier alpha value is -1.87. The number of pyridine rings is 1. The fourth-order valence-electron chi connectivity index (χ4n) is 5.10. The third-order valence-corrected chi connectivity index (χ3v) is 7.33. The summed E-state index contributed by atoms with van der Waals surface area (Å²) in [5.74, 6) is 1.13. The number of unbranched alkanes of at least 4 members (excludes halogenated alkanes) is 1. The topological polar surface area (TPSA) is 28.2 Å². The molecule has 0 amide bonds. The molecule has 2 aromatic rings. The summed E-state index contributed by atoms with van der Waals surface area (Å²) in [5.41, 5.74) is 7.40. The van der Waals surface area contributed by atoms with Crippen molar-refractivity contribution in [3.63, 3.8) is 0 Å². The first-order valence-electron chi connectivity index (χ1n) is 11.9. The number of nitrogens with one attached hydrogen (secondary N) is 1. The van der Waals surface area contributed by atoms with Gasteiger partial charge >= 0.3 is 0 Å². The van der Waals surface area contributed by atoms with Crippen LogP contribution in [0.4, 0.5) is 5.82 Å². The van der Waals surface area contributed by atoms with Crippen LogP contribution in [0, 0.1) is 0 Å². The number of hydrogen-bond donors (Lipinski definition) is 1. The molecular formula is C27H39N3. The van der Waals surface area contributed by atoms with Crippen LogP contribution in [0.15, 0.2) is 30.3 Å². The molecule has 0 saturated carbocycles. The van der Waals surface area contributed by atoms with Crippen LogP contribution in [0.1, 0.15) is 77.0 Å². The van der Waals surface area contributed by atoms with E-state index in [1.807, 2.05) is 0 Å². The number of rotatable bonds is 5. The van der Waals surface area contributed by atoms with Crippen molar-refractivity contribution in [2.24, 2.45) is 0 Å². The lowest BCUT2D eigenvalue weighted by molar-refractivity contribution is 0.332. The van der Waals surface area contributed by atoms with E-state index in [0.717, 1.165) is 38.4 Å². The first-order valence-corrected chi connectivity index (χ1v) is 11.9. The summed E-state index contributed by atoms with van der Waals surface area (Å²) in [5, 5.41) is 3.45. The van der Waals surface area contributed by atoms with Crippen molar-refractivity contribution in [1.82, 2.24) is 10.3 Å². The first-order chi connectivity index (χ1) is 14.3. The number of anilines is 1. The number of aryl methyl sites for hydroxylation is 1. The summed E-state index contributed by atoms with van der Waals surface area (Å²) >= 11 is 0. The summed E-state index contributed by atoms with van der Waals surface area (Å²) in [4.78, 5) is 7.68. The van der Waals surface area contributed by atoms with Crippen molar-refractivity contribution >= 4 is 5.82 Å². The van der Waals surface area contributed by atoms with Gasteiger partial charge in [-0.05, 0) is 65.3 Å². The van der Waals surface area contributed by atoms with Crippen LogP contribution < -0.4 is 10.2 Å². The van der Waals surface area contributed by atoms with Gasteiger partial charge in [0.1, 0.15) is 5.82 Å². The highest BCUT2D eigenvalue weighted by molar-refractivity contribution is 5.68. The van der Waals surface area contributed by atoms with Crippen molar-refractivity contribution < 1.29 is 0 Å². The molecule has 162 valence electrons. The highest BCUT2D eigenvalue weighted by Gasteiger charge is 2.37. The Kier molecular flexibility index (Phi) is 5.94. The van der Waals surface area contributed by atoms with E-state index in [9.17, 15) is 0 Å². The quantitative estimate of drug-likeness (QED) is 0.676. The second-order valence-electron chi connectivity index (χ2n) is 10.5. The molecule has 2 heterocycles. The molecule has 1 fully saturated rings. The number of fused-ring (bicyclic) bond motifs is 1. The Morgan fingerprint density at radius 1 is 0.933 bits per heavy atom. The van der Waals surface area contributed by atoms with E-state index in [-0.39, 0.29) is 10.8 Å². The van der Waals surface area contributed by atoms with Gasteiger partial charge in [0, 0.05) is 31.7 Å². The largest absolute Gasteiger partial charge is 0.354 e. The molecule has 30 heavy (non-hydrogen) atoms. The Morgan fingerprint density at radius 3 is 2.33 bits per heavy atom. The third-order valence-electron chi connectivity index (χ3n) is 7.33. The molecule has 1 N–H and O–H groups in total. The SMILES string of the molecule is CCCCc1ccc(N2CCNCC2)nc1-c1ccc2c(c1)C(C)(C)CCC2(C)C. The van der Waals surface area contributed by atoms with E-state index >= 15 is 0 Å². The molecule has 0 spiro atoms. The molecule has 4 rings (SSSR count). The molecule has 1 aromatic carbocycles. The predicted molar refractivity (Wildman–Crippen MR) is 129 cm³/mol. The van der Waals surface area contributed by atoms with Crippen LogP contribution in [0.2, 0.25) is 0 Å². The molecule has 1 saturated heterocycles. The molecule has 1 aromatic heterocycles. The van der Waals surface area contributed by atoms with Crippen molar-refractivity contribution in [1.29, 1.82) is 0 Å². The fraction of sp³-hybridized carbons (Fsp3) is 0.593.